The molecule has 156 valence electrons. The Hall–Kier alpha value is -1.95. The number of carbonyl (C=O) groups is 1. The fraction of sp³-hybridized carbons (Fsp3) is 0.458. The molecule has 1 fully saturated rings. The van der Waals surface area contributed by atoms with Crippen LogP contribution in [-0.2, 0) is 14.0 Å². The highest BCUT2D eigenvalue weighted by Crippen LogP contribution is 2.38. The number of benzene rings is 2. The lowest BCUT2D eigenvalue weighted by Gasteiger charge is -2.47. The maximum atomic E-state index is 12.7. The summed E-state index contributed by atoms with van der Waals surface area (Å²) in [7, 11) is -2.70. The molecule has 4 nitrogen and oxygen atoms in total. The van der Waals surface area contributed by atoms with Crippen LogP contribution in [0, 0.1) is 5.92 Å². The van der Waals surface area contributed by atoms with Gasteiger partial charge in [-0.3, -0.25) is 4.79 Å². The molecule has 29 heavy (non-hydrogen) atoms. The number of hydrogen-bond acceptors (Lipinski definition) is 4. The lowest BCUT2D eigenvalue weighted by molar-refractivity contribution is -0.152. The number of nitrogens with one attached hydrogen (secondary N) is 1. The van der Waals surface area contributed by atoms with Crippen LogP contribution < -0.4 is 15.7 Å². The molecule has 5 heteroatoms. The standard InChI is InChI=1S/C24H33NO3Si/c1-5-27-23(26)21-16-17-25-18-22(21)28-29(24(2,3)4,19-12-8-6-9-13-19)20-14-10-7-11-15-20/h6-15,21-22,25H,5,16-18H2,1-4H3/t21-,22-/m1/s1. The zero-order chi connectivity index (χ0) is 20.9. The number of ether oxygens (including phenoxy) is 1. The second kappa shape index (κ2) is 9.24. The molecule has 1 N–H and O–H groups in total. The normalized spacial score (nSPS) is 20.3. The lowest BCUT2D eigenvalue weighted by Crippen LogP contribution is -2.69. The van der Waals surface area contributed by atoms with E-state index in [1.807, 2.05) is 19.1 Å². The van der Waals surface area contributed by atoms with Crippen molar-refractivity contribution in [2.75, 3.05) is 19.7 Å². The molecule has 0 spiro atoms. The Morgan fingerprint density at radius 1 is 1.03 bits per heavy atom. The second-order valence-electron chi connectivity index (χ2n) is 8.67. The van der Waals surface area contributed by atoms with Gasteiger partial charge in [0.1, 0.15) is 0 Å². The quantitative estimate of drug-likeness (QED) is 0.586. The van der Waals surface area contributed by atoms with Crippen molar-refractivity contribution in [1.82, 2.24) is 5.32 Å². The smallest absolute Gasteiger partial charge is 0.311 e. The van der Waals surface area contributed by atoms with Crippen molar-refractivity contribution < 1.29 is 14.0 Å². The van der Waals surface area contributed by atoms with Crippen molar-refractivity contribution in [2.24, 2.45) is 5.92 Å². The van der Waals surface area contributed by atoms with E-state index in [0.29, 0.717) is 13.2 Å². The minimum Gasteiger partial charge on any atom is -0.466 e. The third-order valence-corrected chi connectivity index (χ3v) is 10.8. The van der Waals surface area contributed by atoms with Crippen LogP contribution in [0.25, 0.3) is 0 Å². The average molecular weight is 412 g/mol. The van der Waals surface area contributed by atoms with E-state index in [1.165, 1.54) is 10.4 Å². The Labute approximate surface area is 175 Å². The van der Waals surface area contributed by atoms with Gasteiger partial charge in [-0.25, -0.2) is 0 Å². The Morgan fingerprint density at radius 3 is 2.07 bits per heavy atom. The molecule has 0 saturated carbocycles. The van der Waals surface area contributed by atoms with Gasteiger partial charge in [0.05, 0.1) is 18.6 Å². The van der Waals surface area contributed by atoms with Crippen molar-refractivity contribution in [3.63, 3.8) is 0 Å². The van der Waals surface area contributed by atoms with Crippen molar-refractivity contribution in [3.05, 3.63) is 60.7 Å². The van der Waals surface area contributed by atoms with Crippen LogP contribution >= 0.6 is 0 Å². The van der Waals surface area contributed by atoms with Gasteiger partial charge in [-0.1, -0.05) is 81.4 Å². The van der Waals surface area contributed by atoms with Gasteiger partial charge in [0.15, 0.2) is 0 Å². The molecule has 0 unspecified atom stereocenters. The molecule has 0 radical (unpaired) electrons. The third kappa shape index (κ3) is 4.47. The van der Waals surface area contributed by atoms with E-state index in [4.69, 9.17) is 9.16 Å². The molecule has 3 rings (SSSR count). The Morgan fingerprint density at radius 2 is 1.59 bits per heavy atom. The van der Waals surface area contributed by atoms with Gasteiger partial charge in [-0.15, -0.1) is 0 Å². The molecule has 1 heterocycles. The van der Waals surface area contributed by atoms with Gasteiger partial charge in [0.25, 0.3) is 8.32 Å². The monoisotopic (exact) mass is 411 g/mol. The first-order chi connectivity index (χ1) is 13.9. The van der Waals surface area contributed by atoms with E-state index < -0.39 is 8.32 Å². The largest absolute Gasteiger partial charge is 0.466 e. The topological polar surface area (TPSA) is 47.6 Å². The van der Waals surface area contributed by atoms with E-state index >= 15 is 0 Å². The first kappa shape index (κ1) is 21.7. The zero-order valence-corrected chi connectivity index (χ0v) is 19.0. The summed E-state index contributed by atoms with van der Waals surface area (Å²) in [6.45, 7) is 10.5. The zero-order valence-electron chi connectivity index (χ0n) is 18.0. The fourth-order valence-corrected chi connectivity index (χ4v) is 9.11. The molecule has 0 amide bonds. The van der Waals surface area contributed by atoms with E-state index in [1.54, 1.807) is 0 Å². The summed E-state index contributed by atoms with van der Waals surface area (Å²) >= 11 is 0. The van der Waals surface area contributed by atoms with Crippen LogP contribution in [0.4, 0.5) is 0 Å². The molecule has 2 atom stereocenters. The Bertz CT molecular complexity index is 749. The van der Waals surface area contributed by atoms with Crippen LogP contribution in [0.15, 0.2) is 60.7 Å². The number of carbonyl (C=O) groups excluding carboxylic acids is 1. The predicted octanol–water partition coefficient (Wildman–Crippen LogP) is 3.10. The maximum Gasteiger partial charge on any atom is 0.311 e. The van der Waals surface area contributed by atoms with Crippen molar-refractivity contribution >= 4 is 24.7 Å². The second-order valence-corrected chi connectivity index (χ2v) is 12.9. The highest BCUT2D eigenvalue weighted by molar-refractivity contribution is 6.99. The maximum absolute atomic E-state index is 12.7. The number of piperidine rings is 1. The van der Waals surface area contributed by atoms with E-state index in [9.17, 15) is 4.79 Å². The minimum atomic E-state index is -2.70. The molecule has 1 aliphatic rings. The van der Waals surface area contributed by atoms with Gasteiger partial charge in [-0.2, -0.15) is 0 Å². The van der Waals surface area contributed by atoms with Gasteiger partial charge in [0.2, 0.25) is 0 Å². The van der Waals surface area contributed by atoms with Crippen LogP contribution in [0.2, 0.25) is 5.04 Å². The average Bonchev–Trinajstić information content (AvgIpc) is 2.73. The predicted molar refractivity (Wildman–Crippen MR) is 120 cm³/mol. The summed E-state index contributed by atoms with van der Waals surface area (Å²) in [5, 5.41) is 5.77. The molecule has 1 aliphatic heterocycles. The van der Waals surface area contributed by atoms with Crippen LogP contribution in [0.3, 0.4) is 0 Å². The van der Waals surface area contributed by atoms with Crippen molar-refractivity contribution in [3.8, 4) is 0 Å². The number of esters is 1. The highest BCUT2D eigenvalue weighted by atomic mass is 28.4. The molecule has 1 saturated heterocycles. The molecule has 0 aromatic heterocycles. The summed E-state index contributed by atoms with van der Waals surface area (Å²) in [6, 6.07) is 21.1. The minimum absolute atomic E-state index is 0.119. The lowest BCUT2D eigenvalue weighted by atomic mass is 9.95. The summed E-state index contributed by atoms with van der Waals surface area (Å²) < 4.78 is 12.6. The first-order valence-electron chi connectivity index (χ1n) is 10.6. The van der Waals surface area contributed by atoms with Crippen LogP contribution in [0.1, 0.15) is 34.1 Å². The van der Waals surface area contributed by atoms with E-state index in [-0.39, 0.29) is 23.0 Å². The molecular formula is C24H33NO3Si. The summed E-state index contributed by atoms with van der Waals surface area (Å²) in [5.74, 6) is -0.380. The molecular weight excluding hydrogens is 378 g/mol. The summed E-state index contributed by atoms with van der Waals surface area (Å²) in [6.07, 6.45) is 0.524. The first-order valence-corrected chi connectivity index (χ1v) is 12.5. The SMILES string of the molecule is CCOC(=O)[C@@H]1CCNC[C@H]1O[Si](c1ccccc1)(c1ccccc1)C(C)(C)C. The van der Waals surface area contributed by atoms with Gasteiger partial charge < -0.3 is 14.5 Å². The highest BCUT2D eigenvalue weighted by Gasteiger charge is 2.53. The Balaban J connectivity index is 2.11. The van der Waals surface area contributed by atoms with Crippen LogP contribution in [0.5, 0.6) is 0 Å². The summed E-state index contributed by atoms with van der Waals surface area (Å²) in [5.41, 5.74) is 0. The summed E-state index contributed by atoms with van der Waals surface area (Å²) in [4.78, 5) is 12.7. The van der Waals surface area contributed by atoms with E-state index in [0.717, 1.165) is 13.0 Å². The van der Waals surface area contributed by atoms with Crippen molar-refractivity contribution in [2.45, 2.75) is 45.3 Å². The molecule has 0 aliphatic carbocycles. The van der Waals surface area contributed by atoms with E-state index in [2.05, 4.69) is 74.6 Å². The molecule has 2 aromatic rings. The van der Waals surface area contributed by atoms with Crippen LogP contribution in [-0.4, -0.2) is 40.1 Å². The Kier molecular flexibility index (Phi) is 6.93. The van der Waals surface area contributed by atoms with Gasteiger partial charge >= 0.3 is 5.97 Å². The third-order valence-electron chi connectivity index (χ3n) is 5.76. The molecule has 0 bridgehead atoms. The molecule has 2 aromatic carbocycles. The fourth-order valence-electron chi connectivity index (χ4n) is 4.39. The van der Waals surface area contributed by atoms with Crippen molar-refractivity contribution in [1.29, 1.82) is 0 Å². The van der Waals surface area contributed by atoms with Gasteiger partial charge in [0, 0.05) is 6.54 Å². The number of hydrogen-bond donors (Lipinski definition) is 1. The van der Waals surface area contributed by atoms with Gasteiger partial charge in [-0.05, 0) is 35.3 Å². The number of rotatable bonds is 6.